The molecule has 0 aliphatic carbocycles. The highest BCUT2D eigenvalue weighted by molar-refractivity contribution is 5.71. The Labute approximate surface area is 221 Å². The molecule has 0 saturated heterocycles. The van der Waals surface area contributed by atoms with E-state index in [1.807, 2.05) is 54.6 Å². The van der Waals surface area contributed by atoms with E-state index in [0.717, 1.165) is 11.1 Å². The lowest BCUT2D eigenvalue weighted by atomic mass is 10.1. The number of ether oxygens (including phenoxy) is 3. The Morgan fingerprint density at radius 1 is 0.868 bits per heavy atom. The summed E-state index contributed by atoms with van der Waals surface area (Å²) in [7, 11) is 0. The predicted octanol–water partition coefficient (Wildman–Crippen LogP) is 5.40. The number of nitro benzene ring substituents is 1. The fraction of sp³-hybridized carbons (Fsp3) is 0.286. The quantitative estimate of drug-likeness (QED) is 0.270. The lowest BCUT2D eigenvalue weighted by molar-refractivity contribution is -0.384. The van der Waals surface area contributed by atoms with Crippen LogP contribution in [0.5, 0.6) is 11.5 Å². The van der Waals surface area contributed by atoms with Gasteiger partial charge in [0.15, 0.2) is 0 Å². The number of alkyl carbamates (subject to hydrolysis) is 1. The molecular weight excluding hydrogens is 490 g/mol. The zero-order valence-corrected chi connectivity index (χ0v) is 21.5. The number of hydrogen-bond acceptors (Lipinski definition) is 7. The zero-order chi connectivity index (χ0) is 27.5. The standard InChI is InChI=1S/C28H31N3O7/c1-28(2,3)38-27(33)30-22(18-29-26(32)37-25-15-11-23(12-16-25)31(34)35)17-20-9-13-24(14-10-20)36-19-21-7-5-4-6-8-21/h4-16,22H,17-19H2,1-3H3,(H,29,32)(H,30,33)/t22-/m0/s1. The van der Waals surface area contributed by atoms with E-state index in [1.165, 1.54) is 24.3 Å². The summed E-state index contributed by atoms with van der Waals surface area (Å²) < 4.78 is 16.4. The summed E-state index contributed by atoms with van der Waals surface area (Å²) >= 11 is 0. The normalized spacial score (nSPS) is 11.7. The first-order chi connectivity index (χ1) is 18.1. The third kappa shape index (κ3) is 9.81. The van der Waals surface area contributed by atoms with E-state index in [4.69, 9.17) is 14.2 Å². The molecule has 0 radical (unpaired) electrons. The van der Waals surface area contributed by atoms with Gasteiger partial charge in [-0.15, -0.1) is 0 Å². The van der Waals surface area contributed by atoms with Crippen molar-refractivity contribution < 1.29 is 28.7 Å². The summed E-state index contributed by atoms with van der Waals surface area (Å²) in [5, 5.41) is 16.2. The van der Waals surface area contributed by atoms with Crippen molar-refractivity contribution >= 4 is 17.9 Å². The molecule has 10 heteroatoms. The molecule has 0 saturated carbocycles. The number of benzene rings is 3. The molecule has 3 rings (SSSR count). The van der Waals surface area contributed by atoms with Crippen molar-refractivity contribution in [1.29, 1.82) is 0 Å². The van der Waals surface area contributed by atoms with Gasteiger partial charge < -0.3 is 24.8 Å². The highest BCUT2D eigenvalue weighted by Crippen LogP contribution is 2.18. The molecule has 1 atom stereocenters. The Bertz CT molecular complexity index is 1210. The number of carbonyl (C=O) groups is 2. The lowest BCUT2D eigenvalue weighted by Crippen LogP contribution is -2.47. The van der Waals surface area contributed by atoms with Gasteiger partial charge in [0.25, 0.3) is 5.69 Å². The monoisotopic (exact) mass is 521 g/mol. The smallest absolute Gasteiger partial charge is 0.412 e. The highest BCUT2D eigenvalue weighted by Gasteiger charge is 2.21. The Kier molecular flexibility index (Phi) is 9.64. The molecule has 2 amide bonds. The van der Waals surface area contributed by atoms with Crippen molar-refractivity contribution in [1.82, 2.24) is 10.6 Å². The number of nitrogens with one attached hydrogen (secondary N) is 2. The largest absolute Gasteiger partial charge is 0.489 e. The van der Waals surface area contributed by atoms with Gasteiger partial charge in [0, 0.05) is 18.7 Å². The van der Waals surface area contributed by atoms with Crippen LogP contribution in [0, 0.1) is 10.1 Å². The first-order valence-corrected chi connectivity index (χ1v) is 12.0. The number of non-ortho nitro benzene ring substituents is 1. The van der Waals surface area contributed by atoms with Gasteiger partial charge in [-0.1, -0.05) is 42.5 Å². The van der Waals surface area contributed by atoms with Crippen molar-refractivity contribution in [2.75, 3.05) is 6.54 Å². The summed E-state index contributed by atoms with van der Waals surface area (Å²) in [6.45, 7) is 5.78. The zero-order valence-electron chi connectivity index (χ0n) is 21.5. The molecule has 0 aliphatic heterocycles. The Morgan fingerprint density at radius 3 is 2.11 bits per heavy atom. The molecule has 0 bridgehead atoms. The molecule has 0 aliphatic rings. The van der Waals surface area contributed by atoms with Crippen molar-refractivity contribution in [3.63, 3.8) is 0 Å². The number of nitro groups is 1. The van der Waals surface area contributed by atoms with Gasteiger partial charge in [-0.05, 0) is 62.6 Å². The summed E-state index contributed by atoms with van der Waals surface area (Å²) in [4.78, 5) is 34.9. The molecule has 3 aromatic rings. The molecule has 200 valence electrons. The minimum atomic E-state index is -0.764. The van der Waals surface area contributed by atoms with Gasteiger partial charge in [0.1, 0.15) is 23.7 Å². The Morgan fingerprint density at radius 2 is 1.50 bits per heavy atom. The molecule has 0 spiro atoms. The highest BCUT2D eigenvalue weighted by atomic mass is 16.6. The molecule has 38 heavy (non-hydrogen) atoms. The summed E-state index contributed by atoms with van der Waals surface area (Å²) in [6, 6.07) is 21.9. The van der Waals surface area contributed by atoms with Gasteiger partial charge >= 0.3 is 12.2 Å². The SMILES string of the molecule is CC(C)(C)OC(=O)N[C@H](CNC(=O)Oc1ccc([N+](=O)[O-])cc1)Cc1ccc(OCc2ccccc2)cc1. The minimum absolute atomic E-state index is 0.0529. The van der Waals surface area contributed by atoms with Gasteiger partial charge in [0.05, 0.1) is 11.0 Å². The van der Waals surface area contributed by atoms with E-state index in [-0.39, 0.29) is 18.0 Å². The maximum absolute atomic E-state index is 12.4. The second-order valence-corrected chi connectivity index (χ2v) is 9.49. The van der Waals surface area contributed by atoms with Gasteiger partial charge in [-0.25, -0.2) is 9.59 Å². The lowest BCUT2D eigenvalue weighted by Gasteiger charge is -2.24. The van der Waals surface area contributed by atoms with Crippen LogP contribution in [0.4, 0.5) is 15.3 Å². The maximum Gasteiger partial charge on any atom is 0.412 e. The summed E-state index contributed by atoms with van der Waals surface area (Å²) in [6.07, 6.45) is -0.980. The van der Waals surface area contributed by atoms with Crippen LogP contribution in [-0.2, 0) is 17.8 Å². The molecule has 0 fully saturated rings. The van der Waals surface area contributed by atoms with E-state index in [1.54, 1.807) is 20.8 Å². The third-order valence-corrected chi connectivity index (χ3v) is 5.13. The molecule has 2 N–H and O–H groups in total. The van der Waals surface area contributed by atoms with Crippen LogP contribution in [0.25, 0.3) is 0 Å². The van der Waals surface area contributed by atoms with Gasteiger partial charge in [0.2, 0.25) is 0 Å². The van der Waals surface area contributed by atoms with Crippen molar-refractivity contribution in [3.05, 3.63) is 100 Å². The summed E-state index contributed by atoms with van der Waals surface area (Å²) in [5.41, 5.74) is 1.17. The molecule has 0 heterocycles. The molecule has 0 unspecified atom stereocenters. The minimum Gasteiger partial charge on any atom is -0.489 e. The first-order valence-electron chi connectivity index (χ1n) is 12.0. The van der Waals surface area contributed by atoms with Crippen LogP contribution in [0.15, 0.2) is 78.9 Å². The second kappa shape index (κ2) is 13.1. The van der Waals surface area contributed by atoms with E-state index in [2.05, 4.69) is 10.6 Å². The van der Waals surface area contributed by atoms with Gasteiger partial charge in [-0.3, -0.25) is 10.1 Å². The van der Waals surface area contributed by atoms with E-state index in [0.29, 0.717) is 18.8 Å². The maximum atomic E-state index is 12.4. The molecule has 3 aromatic carbocycles. The topological polar surface area (TPSA) is 129 Å². The van der Waals surface area contributed by atoms with E-state index >= 15 is 0 Å². The second-order valence-electron chi connectivity index (χ2n) is 9.49. The number of hydrogen-bond donors (Lipinski definition) is 2. The van der Waals surface area contributed by atoms with Crippen LogP contribution >= 0.6 is 0 Å². The van der Waals surface area contributed by atoms with Crippen LogP contribution in [0.1, 0.15) is 31.9 Å². The van der Waals surface area contributed by atoms with Crippen LogP contribution in [-0.4, -0.2) is 35.3 Å². The summed E-state index contributed by atoms with van der Waals surface area (Å²) in [5.74, 6) is 0.856. The Hall–Kier alpha value is -4.60. The molecule has 0 aromatic heterocycles. The number of rotatable bonds is 10. The van der Waals surface area contributed by atoms with Crippen LogP contribution in [0.2, 0.25) is 0 Å². The van der Waals surface area contributed by atoms with Crippen LogP contribution < -0.4 is 20.1 Å². The first kappa shape index (κ1) is 28.0. The number of amides is 2. The van der Waals surface area contributed by atoms with Crippen molar-refractivity contribution in [2.24, 2.45) is 0 Å². The number of carbonyl (C=O) groups excluding carboxylic acids is 2. The Balaban J connectivity index is 1.58. The molecule has 10 nitrogen and oxygen atoms in total. The van der Waals surface area contributed by atoms with Gasteiger partial charge in [-0.2, -0.15) is 0 Å². The van der Waals surface area contributed by atoms with E-state index in [9.17, 15) is 19.7 Å². The fourth-order valence-electron chi connectivity index (χ4n) is 3.38. The molecular formula is C28H31N3O7. The van der Waals surface area contributed by atoms with Crippen LogP contribution in [0.3, 0.4) is 0 Å². The van der Waals surface area contributed by atoms with Crippen molar-refractivity contribution in [3.8, 4) is 11.5 Å². The number of nitrogens with zero attached hydrogens (tertiary/aromatic N) is 1. The third-order valence-electron chi connectivity index (χ3n) is 5.13. The predicted molar refractivity (Wildman–Crippen MR) is 141 cm³/mol. The average Bonchev–Trinajstić information content (AvgIpc) is 2.86. The fourth-order valence-corrected chi connectivity index (χ4v) is 3.38. The average molecular weight is 522 g/mol. The van der Waals surface area contributed by atoms with E-state index < -0.39 is 28.8 Å². The van der Waals surface area contributed by atoms with Crippen molar-refractivity contribution in [2.45, 2.75) is 45.4 Å².